The Morgan fingerprint density at radius 1 is 1.22 bits per heavy atom. The van der Waals surface area contributed by atoms with Gasteiger partial charge in [-0.1, -0.05) is 0 Å². The number of nitrogens with one attached hydrogen (secondary N) is 2. The highest BCUT2D eigenvalue weighted by Gasteiger charge is 2.29. The van der Waals surface area contributed by atoms with Gasteiger partial charge in [-0.25, -0.2) is 0 Å². The Bertz CT molecular complexity index is 502. The molecule has 128 valence electrons. The summed E-state index contributed by atoms with van der Waals surface area (Å²) in [7, 11) is 0. The molecular formula is C15H20F3N3OS. The average Bonchev–Trinajstić information content (AvgIpc) is 2.51. The van der Waals surface area contributed by atoms with Gasteiger partial charge in [0.1, 0.15) is 0 Å². The predicted molar refractivity (Wildman–Crippen MR) is 84.6 cm³/mol. The zero-order valence-corrected chi connectivity index (χ0v) is 13.5. The zero-order valence-electron chi connectivity index (χ0n) is 12.7. The average molecular weight is 347 g/mol. The largest absolute Gasteiger partial charge is 0.446 e. The van der Waals surface area contributed by atoms with Crippen LogP contribution in [0.15, 0.2) is 29.2 Å². The highest BCUT2D eigenvalue weighted by Crippen LogP contribution is 2.36. The molecule has 1 aromatic carbocycles. The summed E-state index contributed by atoms with van der Waals surface area (Å²) in [5, 5.41) is 6.08. The maximum absolute atomic E-state index is 12.2. The molecule has 2 rings (SSSR count). The van der Waals surface area contributed by atoms with Gasteiger partial charge in [0.25, 0.3) is 5.91 Å². The van der Waals surface area contributed by atoms with Crippen LogP contribution in [0.5, 0.6) is 0 Å². The first-order valence-corrected chi connectivity index (χ1v) is 8.33. The molecule has 23 heavy (non-hydrogen) atoms. The number of hydrogen-bond acceptors (Lipinski definition) is 4. The maximum atomic E-state index is 12.2. The second-order valence-corrected chi connectivity index (χ2v) is 6.41. The fourth-order valence-corrected chi connectivity index (χ4v) is 2.89. The molecule has 1 aliphatic rings. The molecule has 1 amide bonds. The van der Waals surface area contributed by atoms with E-state index in [0.29, 0.717) is 12.1 Å². The number of piperazine rings is 1. The minimum atomic E-state index is -4.31. The number of nitrogens with zero attached hydrogens (tertiary/aromatic N) is 1. The Morgan fingerprint density at radius 2 is 1.87 bits per heavy atom. The monoisotopic (exact) mass is 347 g/mol. The predicted octanol–water partition coefficient (Wildman–Crippen LogP) is 2.32. The summed E-state index contributed by atoms with van der Waals surface area (Å²) >= 11 is -0.184. The highest BCUT2D eigenvalue weighted by atomic mass is 32.2. The highest BCUT2D eigenvalue weighted by molar-refractivity contribution is 8.00. The van der Waals surface area contributed by atoms with Gasteiger partial charge in [-0.15, -0.1) is 0 Å². The molecule has 1 aliphatic heterocycles. The second kappa shape index (κ2) is 8.56. The topological polar surface area (TPSA) is 44.4 Å². The summed E-state index contributed by atoms with van der Waals surface area (Å²) in [6, 6.07) is 5.46. The summed E-state index contributed by atoms with van der Waals surface area (Å²) in [4.78, 5) is 14.3. The minimum Gasteiger partial charge on any atom is -0.352 e. The van der Waals surface area contributed by atoms with E-state index in [4.69, 9.17) is 0 Å². The standard InChI is InChI=1S/C15H20F3N3OS/c16-15(17,18)23-13-4-2-12(3-5-13)14(22)20-6-1-9-21-10-7-19-8-11-21/h2-5,19H,1,6-11H2,(H,20,22). The van der Waals surface area contributed by atoms with Crippen molar-refractivity contribution in [2.75, 3.05) is 39.3 Å². The number of hydrogen-bond donors (Lipinski definition) is 2. The van der Waals surface area contributed by atoms with E-state index in [0.717, 1.165) is 39.1 Å². The van der Waals surface area contributed by atoms with E-state index in [-0.39, 0.29) is 22.6 Å². The number of thioether (sulfide) groups is 1. The smallest absolute Gasteiger partial charge is 0.352 e. The van der Waals surface area contributed by atoms with Crippen molar-refractivity contribution in [1.82, 2.24) is 15.5 Å². The first-order chi connectivity index (χ1) is 10.9. The second-order valence-electron chi connectivity index (χ2n) is 5.27. The molecule has 0 bridgehead atoms. The van der Waals surface area contributed by atoms with Gasteiger partial charge < -0.3 is 15.5 Å². The number of alkyl halides is 3. The van der Waals surface area contributed by atoms with E-state index in [1.54, 1.807) is 0 Å². The van der Waals surface area contributed by atoms with Crippen molar-refractivity contribution in [2.45, 2.75) is 16.8 Å². The molecule has 2 N–H and O–H groups in total. The molecule has 0 unspecified atom stereocenters. The molecule has 1 saturated heterocycles. The van der Waals surface area contributed by atoms with Crippen molar-refractivity contribution in [3.05, 3.63) is 29.8 Å². The van der Waals surface area contributed by atoms with Crippen molar-refractivity contribution < 1.29 is 18.0 Å². The van der Waals surface area contributed by atoms with E-state index >= 15 is 0 Å². The fraction of sp³-hybridized carbons (Fsp3) is 0.533. The lowest BCUT2D eigenvalue weighted by Crippen LogP contribution is -2.44. The lowest BCUT2D eigenvalue weighted by atomic mass is 10.2. The molecule has 4 nitrogen and oxygen atoms in total. The number of carbonyl (C=O) groups is 1. The maximum Gasteiger partial charge on any atom is 0.446 e. The molecule has 8 heteroatoms. The molecule has 0 atom stereocenters. The first-order valence-electron chi connectivity index (χ1n) is 7.51. The zero-order chi connectivity index (χ0) is 16.7. The van der Waals surface area contributed by atoms with Gasteiger partial charge >= 0.3 is 5.51 Å². The normalized spacial score (nSPS) is 16.3. The summed E-state index contributed by atoms with van der Waals surface area (Å²) in [6.07, 6.45) is 0.855. The van der Waals surface area contributed by atoms with Crippen molar-refractivity contribution in [3.63, 3.8) is 0 Å². The van der Waals surface area contributed by atoms with Crippen molar-refractivity contribution in [2.24, 2.45) is 0 Å². The van der Waals surface area contributed by atoms with Crippen LogP contribution in [0.25, 0.3) is 0 Å². The Kier molecular flexibility index (Phi) is 6.73. The third-order valence-corrected chi connectivity index (χ3v) is 4.24. The summed E-state index contributed by atoms with van der Waals surface area (Å²) in [6.45, 7) is 5.52. The van der Waals surface area contributed by atoms with Crippen molar-refractivity contribution in [1.29, 1.82) is 0 Å². The van der Waals surface area contributed by atoms with Crippen LogP contribution in [0.1, 0.15) is 16.8 Å². The van der Waals surface area contributed by atoms with E-state index in [9.17, 15) is 18.0 Å². The van der Waals surface area contributed by atoms with Crippen LogP contribution in [-0.2, 0) is 0 Å². The summed E-state index contributed by atoms with van der Waals surface area (Å²) in [5.41, 5.74) is -3.94. The van der Waals surface area contributed by atoms with Crippen LogP contribution in [0.3, 0.4) is 0 Å². The SMILES string of the molecule is O=C(NCCCN1CCNCC1)c1ccc(SC(F)(F)F)cc1. The van der Waals surface area contributed by atoms with Crippen LogP contribution < -0.4 is 10.6 Å². The Labute approximate surface area is 137 Å². The van der Waals surface area contributed by atoms with Crippen LogP contribution >= 0.6 is 11.8 Å². The third-order valence-electron chi connectivity index (χ3n) is 3.50. The summed E-state index contributed by atoms with van der Waals surface area (Å²) in [5.74, 6) is -0.256. The molecule has 0 aromatic heterocycles. The lowest BCUT2D eigenvalue weighted by Gasteiger charge is -2.27. The number of rotatable bonds is 6. The van der Waals surface area contributed by atoms with Crippen LogP contribution in [0.4, 0.5) is 13.2 Å². The van der Waals surface area contributed by atoms with Gasteiger partial charge in [-0.05, 0) is 49.0 Å². The molecule has 0 saturated carbocycles. The molecule has 1 fully saturated rings. The molecule has 1 heterocycles. The van der Waals surface area contributed by atoms with Gasteiger partial charge in [0, 0.05) is 43.2 Å². The van der Waals surface area contributed by atoms with E-state index < -0.39 is 5.51 Å². The lowest BCUT2D eigenvalue weighted by molar-refractivity contribution is -0.0328. The van der Waals surface area contributed by atoms with Gasteiger partial charge in [-0.3, -0.25) is 4.79 Å². The van der Waals surface area contributed by atoms with Crippen LogP contribution in [0, 0.1) is 0 Å². The Hall–Kier alpha value is -1.25. The van der Waals surface area contributed by atoms with Gasteiger partial charge in [-0.2, -0.15) is 13.2 Å². The Balaban J connectivity index is 1.70. The number of amides is 1. The number of carbonyl (C=O) groups excluding carboxylic acids is 1. The molecule has 0 aliphatic carbocycles. The molecule has 0 radical (unpaired) electrons. The minimum absolute atomic E-state index is 0.0766. The number of benzene rings is 1. The quantitative estimate of drug-likeness (QED) is 0.612. The van der Waals surface area contributed by atoms with E-state index in [1.165, 1.54) is 24.3 Å². The van der Waals surface area contributed by atoms with Gasteiger partial charge in [0.2, 0.25) is 0 Å². The summed E-state index contributed by atoms with van der Waals surface area (Å²) < 4.78 is 36.7. The molecule has 1 aromatic rings. The number of halogens is 3. The first kappa shape index (κ1) is 18.1. The Morgan fingerprint density at radius 3 is 2.48 bits per heavy atom. The van der Waals surface area contributed by atoms with Crippen molar-refractivity contribution in [3.8, 4) is 0 Å². The third kappa shape index (κ3) is 6.80. The van der Waals surface area contributed by atoms with E-state index in [1.807, 2.05) is 0 Å². The van der Waals surface area contributed by atoms with Crippen LogP contribution in [-0.4, -0.2) is 55.6 Å². The van der Waals surface area contributed by atoms with Crippen molar-refractivity contribution >= 4 is 17.7 Å². The fourth-order valence-electron chi connectivity index (χ4n) is 2.35. The van der Waals surface area contributed by atoms with Gasteiger partial charge in [0.15, 0.2) is 0 Å². The van der Waals surface area contributed by atoms with Gasteiger partial charge in [0.05, 0.1) is 0 Å². The van der Waals surface area contributed by atoms with Crippen LogP contribution in [0.2, 0.25) is 0 Å². The van der Waals surface area contributed by atoms with E-state index in [2.05, 4.69) is 15.5 Å². The molecular weight excluding hydrogens is 327 g/mol. The molecule has 0 spiro atoms.